The van der Waals surface area contributed by atoms with Gasteiger partial charge in [0.15, 0.2) is 0 Å². The molecule has 4 nitrogen and oxygen atoms in total. The molecule has 0 saturated carbocycles. The maximum absolute atomic E-state index is 13.6. The number of hydrogen-bond acceptors (Lipinski definition) is 4. The van der Waals surface area contributed by atoms with Crippen LogP contribution < -0.4 is 5.32 Å². The van der Waals surface area contributed by atoms with E-state index in [1.165, 1.54) is 34.4 Å². The van der Waals surface area contributed by atoms with E-state index in [1.54, 1.807) is 18.5 Å². The molecule has 34 heavy (non-hydrogen) atoms. The summed E-state index contributed by atoms with van der Waals surface area (Å²) in [5.41, 5.74) is 7.47. The lowest BCUT2D eigenvalue weighted by Crippen LogP contribution is -2.07. The number of pyridine rings is 3. The normalized spacial score (nSPS) is 11.0. The number of benzene rings is 2. The summed E-state index contributed by atoms with van der Waals surface area (Å²) in [6, 6.07) is 21.2. The molecule has 0 unspecified atom stereocenters. The maximum atomic E-state index is 13.6. The molecule has 5 heteroatoms. The van der Waals surface area contributed by atoms with Gasteiger partial charge in [-0.05, 0) is 84.3 Å². The second-order valence-electron chi connectivity index (χ2n) is 8.47. The van der Waals surface area contributed by atoms with E-state index in [-0.39, 0.29) is 5.82 Å². The van der Waals surface area contributed by atoms with Crippen LogP contribution in [-0.2, 0) is 6.42 Å². The quantitative estimate of drug-likeness (QED) is 0.311. The standard InChI is InChI=1S/C29H25FN4/c1-19-14-21(6-7-26(19)22-9-12-31-20(2)15-22)8-11-32-29-27-18-34-28(17-23(27)10-13-33-29)24-4-3-5-25(30)16-24/h3-7,9-10,12-18H,8,11H2,1-2H3,(H,32,33). The average molecular weight is 449 g/mol. The molecule has 0 atom stereocenters. The minimum absolute atomic E-state index is 0.268. The van der Waals surface area contributed by atoms with Crippen LogP contribution in [0.1, 0.15) is 16.8 Å². The van der Waals surface area contributed by atoms with E-state index in [0.29, 0.717) is 0 Å². The lowest BCUT2D eigenvalue weighted by Gasteiger charge is -2.12. The van der Waals surface area contributed by atoms with Crippen molar-refractivity contribution in [3.63, 3.8) is 0 Å². The van der Waals surface area contributed by atoms with Crippen molar-refractivity contribution in [3.8, 4) is 22.4 Å². The lowest BCUT2D eigenvalue weighted by atomic mass is 9.98. The van der Waals surface area contributed by atoms with Gasteiger partial charge in [-0.3, -0.25) is 9.97 Å². The largest absolute Gasteiger partial charge is 0.369 e. The van der Waals surface area contributed by atoms with Gasteiger partial charge < -0.3 is 5.32 Å². The number of nitrogens with zero attached hydrogens (tertiary/aromatic N) is 3. The van der Waals surface area contributed by atoms with Crippen LogP contribution in [-0.4, -0.2) is 21.5 Å². The Bertz CT molecular complexity index is 1480. The fraction of sp³-hybridized carbons (Fsp3) is 0.138. The molecule has 3 heterocycles. The van der Waals surface area contributed by atoms with Gasteiger partial charge in [0, 0.05) is 41.8 Å². The summed E-state index contributed by atoms with van der Waals surface area (Å²) in [5, 5.41) is 5.42. The van der Waals surface area contributed by atoms with Crippen molar-refractivity contribution in [1.29, 1.82) is 0 Å². The maximum Gasteiger partial charge on any atom is 0.135 e. The molecule has 5 rings (SSSR count). The molecule has 0 aliphatic carbocycles. The Labute approximate surface area is 198 Å². The van der Waals surface area contributed by atoms with Gasteiger partial charge in [-0.2, -0.15) is 0 Å². The van der Waals surface area contributed by atoms with Crippen LogP contribution in [0.5, 0.6) is 0 Å². The molecule has 0 saturated heterocycles. The van der Waals surface area contributed by atoms with Crippen molar-refractivity contribution in [2.75, 3.05) is 11.9 Å². The van der Waals surface area contributed by atoms with Gasteiger partial charge in [0.05, 0.1) is 5.69 Å². The monoisotopic (exact) mass is 448 g/mol. The van der Waals surface area contributed by atoms with E-state index >= 15 is 0 Å². The van der Waals surface area contributed by atoms with Gasteiger partial charge in [0.2, 0.25) is 0 Å². The number of nitrogens with one attached hydrogen (secondary N) is 1. The Morgan fingerprint density at radius 2 is 1.71 bits per heavy atom. The molecule has 0 bridgehead atoms. The zero-order valence-electron chi connectivity index (χ0n) is 19.2. The highest BCUT2D eigenvalue weighted by atomic mass is 19.1. The molecule has 168 valence electrons. The van der Waals surface area contributed by atoms with Crippen molar-refractivity contribution in [1.82, 2.24) is 15.0 Å². The van der Waals surface area contributed by atoms with Crippen LogP contribution >= 0.6 is 0 Å². The Morgan fingerprint density at radius 1 is 0.824 bits per heavy atom. The Balaban J connectivity index is 1.30. The summed E-state index contributed by atoms with van der Waals surface area (Å²) in [6.07, 6.45) is 6.33. The molecule has 0 amide bonds. The number of aromatic nitrogens is 3. The number of fused-ring (bicyclic) bond motifs is 1. The number of anilines is 1. The first-order valence-electron chi connectivity index (χ1n) is 11.3. The molecular weight excluding hydrogens is 423 g/mol. The molecule has 0 aliphatic rings. The van der Waals surface area contributed by atoms with E-state index in [4.69, 9.17) is 0 Å². The van der Waals surface area contributed by atoms with Crippen molar-refractivity contribution >= 4 is 16.6 Å². The van der Waals surface area contributed by atoms with Gasteiger partial charge >= 0.3 is 0 Å². The topological polar surface area (TPSA) is 50.7 Å². The van der Waals surface area contributed by atoms with E-state index in [0.717, 1.165) is 46.5 Å². The lowest BCUT2D eigenvalue weighted by molar-refractivity contribution is 0.628. The van der Waals surface area contributed by atoms with Crippen molar-refractivity contribution in [2.24, 2.45) is 0 Å². The third-order valence-corrected chi connectivity index (χ3v) is 5.97. The molecule has 1 N–H and O–H groups in total. The summed E-state index contributed by atoms with van der Waals surface area (Å²) in [4.78, 5) is 13.4. The molecule has 0 radical (unpaired) electrons. The highest BCUT2D eigenvalue weighted by Gasteiger charge is 2.08. The molecule has 0 fully saturated rings. The number of halogens is 1. The molecular formula is C29H25FN4. The first-order valence-corrected chi connectivity index (χ1v) is 11.3. The molecule has 3 aromatic heterocycles. The van der Waals surface area contributed by atoms with E-state index in [9.17, 15) is 4.39 Å². The minimum Gasteiger partial charge on any atom is -0.369 e. The van der Waals surface area contributed by atoms with Crippen LogP contribution in [0, 0.1) is 19.7 Å². The SMILES string of the molecule is Cc1cc(-c2ccc(CCNc3nccc4cc(-c5cccc(F)c5)ncc34)cc2C)ccn1. The predicted octanol–water partition coefficient (Wildman–Crippen LogP) is 6.77. The Kier molecular flexibility index (Phi) is 6.00. The average Bonchev–Trinajstić information content (AvgIpc) is 2.84. The van der Waals surface area contributed by atoms with Crippen LogP contribution in [0.25, 0.3) is 33.2 Å². The van der Waals surface area contributed by atoms with Crippen LogP contribution in [0.2, 0.25) is 0 Å². The number of hydrogen-bond donors (Lipinski definition) is 1. The minimum atomic E-state index is -0.268. The smallest absolute Gasteiger partial charge is 0.135 e. The predicted molar refractivity (Wildman–Crippen MR) is 136 cm³/mol. The fourth-order valence-corrected chi connectivity index (χ4v) is 4.26. The zero-order valence-corrected chi connectivity index (χ0v) is 19.2. The zero-order chi connectivity index (χ0) is 23.5. The van der Waals surface area contributed by atoms with Crippen LogP contribution in [0.15, 0.2) is 85.3 Å². The highest BCUT2D eigenvalue weighted by molar-refractivity contribution is 5.93. The van der Waals surface area contributed by atoms with Gasteiger partial charge in [-0.1, -0.05) is 30.3 Å². The summed E-state index contributed by atoms with van der Waals surface area (Å²) >= 11 is 0. The van der Waals surface area contributed by atoms with Crippen molar-refractivity contribution in [3.05, 3.63) is 108 Å². The molecule has 2 aromatic carbocycles. The van der Waals surface area contributed by atoms with E-state index in [1.807, 2.05) is 31.3 Å². The Morgan fingerprint density at radius 3 is 2.53 bits per heavy atom. The summed E-state index contributed by atoms with van der Waals surface area (Å²) in [7, 11) is 0. The van der Waals surface area contributed by atoms with Gasteiger partial charge in [0.25, 0.3) is 0 Å². The first-order chi connectivity index (χ1) is 16.6. The van der Waals surface area contributed by atoms with E-state index < -0.39 is 0 Å². The van der Waals surface area contributed by atoms with Crippen molar-refractivity contribution < 1.29 is 4.39 Å². The molecule has 0 aliphatic heterocycles. The summed E-state index contributed by atoms with van der Waals surface area (Å²) in [5.74, 6) is 0.534. The van der Waals surface area contributed by atoms with Gasteiger partial charge in [-0.25, -0.2) is 9.37 Å². The third kappa shape index (κ3) is 4.64. The Hall–Kier alpha value is -4.12. The van der Waals surface area contributed by atoms with Crippen molar-refractivity contribution in [2.45, 2.75) is 20.3 Å². The van der Waals surface area contributed by atoms with E-state index in [2.05, 4.69) is 57.5 Å². The van der Waals surface area contributed by atoms with Crippen LogP contribution in [0.4, 0.5) is 10.2 Å². The first kappa shape index (κ1) is 21.7. The second-order valence-corrected chi connectivity index (χ2v) is 8.47. The van der Waals surface area contributed by atoms with Crippen LogP contribution in [0.3, 0.4) is 0 Å². The third-order valence-electron chi connectivity index (χ3n) is 5.97. The van der Waals surface area contributed by atoms with Gasteiger partial charge in [0.1, 0.15) is 11.6 Å². The fourth-order valence-electron chi connectivity index (χ4n) is 4.26. The summed E-state index contributed by atoms with van der Waals surface area (Å²) in [6.45, 7) is 4.92. The number of rotatable bonds is 6. The molecule has 5 aromatic rings. The molecule has 0 spiro atoms. The summed E-state index contributed by atoms with van der Waals surface area (Å²) < 4.78 is 13.6. The number of aryl methyl sites for hydroxylation is 2. The van der Waals surface area contributed by atoms with Gasteiger partial charge in [-0.15, -0.1) is 0 Å². The highest BCUT2D eigenvalue weighted by Crippen LogP contribution is 2.27. The second kappa shape index (κ2) is 9.40.